The maximum absolute atomic E-state index is 12.7. The van der Waals surface area contributed by atoms with Crippen LogP contribution in [0.2, 0.25) is 10.2 Å². The highest BCUT2D eigenvalue weighted by Gasteiger charge is 2.37. The van der Waals surface area contributed by atoms with Crippen LogP contribution in [-0.2, 0) is 9.53 Å². The lowest BCUT2D eigenvalue weighted by Crippen LogP contribution is -2.58. The second-order valence-corrected chi connectivity index (χ2v) is 10.0. The number of benzene rings is 1. The van der Waals surface area contributed by atoms with Crippen LogP contribution in [0.4, 0.5) is 5.82 Å². The summed E-state index contributed by atoms with van der Waals surface area (Å²) in [4.78, 5) is 39.5. The number of likely N-dealkylation sites (tertiary alicyclic amines) is 1. The zero-order chi connectivity index (χ0) is 25.8. The van der Waals surface area contributed by atoms with Gasteiger partial charge in [-0.05, 0) is 37.0 Å². The zero-order valence-electron chi connectivity index (χ0n) is 20.6. The molecule has 194 valence electrons. The van der Waals surface area contributed by atoms with E-state index in [1.807, 2.05) is 24.3 Å². The van der Waals surface area contributed by atoms with Crippen molar-refractivity contribution in [2.75, 3.05) is 44.7 Å². The minimum Gasteiger partial charge on any atom is -0.468 e. The molecule has 2 aromatic rings. The van der Waals surface area contributed by atoms with E-state index in [0.717, 1.165) is 57.5 Å². The van der Waals surface area contributed by atoms with Crippen LogP contribution in [-0.4, -0.2) is 83.6 Å². The van der Waals surface area contributed by atoms with Gasteiger partial charge in [0.15, 0.2) is 11.0 Å². The highest BCUT2D eigenvalue weighted by molar-refractivity contribution is 6.32. The maximum Gasteiger partial charge on any atom is 0.327 e. The maximum atomic E-state index is 12.7. The minimum absolute atomic E-state index is 0.0602. The van der Waals surface area contributed by atoms with Gasteiger partial charge in [0.05, 0.1) is 13.3 Å². The number of anilines is 1. The topological polar surface area (TPSA) is 105 Å². The van der Waals surface area contributed by atoms with Crippen molar-refractivity contribution >= 4 is 40.9 Å². The molecule has 2 atom stereocenters. The summed E-state index contributed by atoms with van der Waals surface area (Å²) in [7, 11) is 1.43. The Hall–Kier alpha value is -2.46. The molecule has 2 aliphatic heterocycles. The van der Waals surface area contributed by atoms with Crippen LogP contribution < -0.4 is 10.6 Å². The number of nitrogens with two attached hydrogens (primary N) is 1. The third-order valence-electron chi connectivity index (χ3n) is 7.21. The van der Waals surface area contributed by atoms with Gasteiger partial charge >= 0.3 is 5.97 Å². The number of piperidine rings is 1. The molecule has 9 nitrogen and oxygen atoms in total. The molecule has 2 saturated heterocycles. The number of aromatic nitrogens is 2. The molecule has 1 aromatic carbocycles. The highest BCUT2D eigenvalue weighted by Crippen LogP contribution is 2.31. The van der Waals surface area contributed by atoms with E-state index >= 15 is 0 Å². The number of amides is 1. The van der Waals surface area contributed by atoms with Crippen LogP contribution in [0.5, 0.6) is 0 Å². The first-order valence-electron chi connectivity index (χ1n) is 12.2. The van der Waals surface area contributed by atoms with E-state index in [1.54, 1.807) is 0 Å². The van der Waals surface area contributed by atoms with Gasteiger partial charge in [-0.1, -0.05) is 42.3 Å². The molecule has 2 fully saturated rings. The van der Waals surface area contributed by atoms with Crippen molar-refractivity contribution in [3.8, 4) is 0 Å². The molecule has 0 saturated carbocycles. The van der Waals surface area contributed by atoms with Crippen LogP contribution in [0.3, 0.4) is 0 Å². The van der Waals surface area contributed by atoms with E-state index in [1.165, 1.54) is 13.3 Å². The summed E-state index contributed by atoms with van der Waals surface area (Å²) in [5.74, 6) is -0.321. The second kappa shape index (κ2) is 11.7. The summed E-state index contributed by atoms with van der Waals surface area (Å²) >= 11 is 12.4. The lowest BCUT2D eigenvalue weighted by atomic mass is 9.95. The van der Waals surface area contributed by atoms with Gasteiger partial charge in [0.2, 0.25) is 0 Å². The fourth-order valence-corrected chi connectivity index (χ4v) is 5.71. The van der Waals surface area contributed by atoms with Gasteiger partial charge in [-0.2, -0.15) is 0 Å². The van der Waals surface area contributed by atoms with E-state index in [0.29, 0.717) is 22.9 Å². The lowest BCUT2D eigenvalue weighted by molar-refractivity contribution is -0.148. The Kier molecular flexibility index (Phi) is 8.66. The number of carbonyl (C=O) groups is 2. The first kappa shape index (κ1) is 26.6. The molecule has 2 N–H and O–H groups in total. The van der Waals surface area contributed by atoms with Crippen molar-refractivity contribution in [2.45, 2.75) is 44.3 Å². The van der Waals surface area contributed by atoms with E-state index in [9.17, 15) is 9.59 Å². The van der Waals surface area contributed by atoms with Crippen molar-refractivity contribution in [2.24, 2.45) is 5.73 Å². The van der Waals surface area contributed by atoms with Gasteiger partial charge in [-0.15, -0.1) is 0 Å². The predicted octanol–water partition coefficient (Wildman–Crippen LogP) is 3.16. The second-order valence-electron chi connectivity index (χ2n) is 9.22. The Balaban J connectivity index is 1.41. The van der Waals surface area contributed by atoms with E-state index in [2.05, 4.69) is 31.6 Å². The first-order valence-corrected chi connectivity index (χ1v) is 13.0. The van der Waals surface area contributed by atoms with Crippen molar-refractivity contribution < 1.29 is 14.3 Å². The largest absolute Gasteiger partial charge is 0.468 e. The number of esters is 1. The van der Waals surface area contributed by atoms with Crippen LogP contribution in [0.1, 0.15) is 48.3 Å². The minimum atomic E-state index is -0.649. The van der Waals surface area contributed by atoms with Gasteiger partial charge in [0, 0.05) is 49.8 Å². The van der Waals surface area contributed by atoms with Gasteiger partial charge in [-0.3, -0.25) is 14.6 Å². The molecular formula is C25H32Cl2N6O3. The number of piperazine rings is 1. The fraction of sp³-hybridized carbons (Fsp3) is 0.520. The molecule has 36 heavy (non-hydrogen) atoms. The Morgan fingerprint density at radius 1 is 1.14 bits per heavy atom. The van der Waals surface area contributed by atoms with Crippen molar-refractivity contribution in [1.29, 1.82) is 0 Å². The number of ether oxygens (including phenoxy) is 1. The van der Waals surface area contributed by atoms with Gasteiger partial charge in [0.25, 0.3) is 5.91 Å². The lowest BCUT2D eigenvalue weighted by Gasteiger charge is -2.48. The molecule has 4 rings (SSSR count). The molecule has 3 heterocycles. The number of primary amides is 1. The molecule has 0 radical (unpaired) electrons. The van der Waals surface area contributed by atoms with Gasteiger partial charge < -0.3 is 15.4 Å². The average molecular weight is 535 g/mol. The summed E-state index contributed by atoms with van der Waals surface area (Å²) in [5.41, 5.74) is 6.25. The van der Waals surface area contributed by atoms with Crippen molar-refractivity contribution in [1.82, 2.24) is 19.8 Å². The standard InChI is InChI=1S/C25H32Cl2N6O3/c1-3-18-15-32(24-22(27)30-20(14-29-24)23(28)34)12-13-33(18)19-8-10-31(11-9-19)21(25(35)36-2)16-4-6-17(26)7-5-16/h4-7,14,18-19,21H,3,8-13,15H2,1-2H3,(H2,28,34)/t18-,21+/m0/s1. The Morgan fingerprint density at radius 2 is 1.83 bits per heavy atom. The summed E-state index contributed by atoms with van der Waals surface area (Å²) in [6.07, 6.45) is 4.29. The van der Waals surface area contributed by atoms with Crippen LogP contribution in [0, 0.1) is 0 Å². The van der Waals surface area contributed by atoms with Crippen LogP contribution in [0.25, 0.3) is 0 Å². The number of hydrogen-bond acceptors (Lipinski definition) is 8. The molecular weight excluding hydrogens is 503 g/mol. The number of carbonyl (C=O) groups excluding carboxylic acids is 2. The van der Waals surface area contributed by atoms with Gasteiger partial charge in [0.1, 0.15) is 11.7 Å². The van der Waals surface area contributed by atoms with Crippen LogP contribution in [0.15, 0.2) is 30.5 Å². The molecule has 0 aliphatic carbocycles. The number of methoxy groups -OCH3 is 1. The average Bonchev–Trinajstić information content (AvgIpc) is 2.89. The van der Waals surface area contributed by atoms with Crippen LogP contribution >= 0.6 is 23.2 Å². The summed E-state index contributed by atoms with van der Waals surface area (Å²) < 4.78 is 5.13. The van der Waals surface area contributed by atoms with E-state index in [4.69, 9.17) is 33.7 Å². The normalized spacial score (nSPS) is 20.8. The molecule has 0 bridgehead atoms. The smallest absolute Gasteiger partial charge is 0.327 e. The molecule has 11 heteroatoms. The summed E-state index contributed by atoms with van der Waals surface area (Å²) in [6.45, 7) is 6.20. The Morgan fingerprint density at radius 3 is 2.42 bits per heavy atom. The molecule has 1 aromatic heterocycles. The SMILES string of the molecule is CC[C@H]1CN(c2ncc(C(N)=O)nc2Cl)CCN1C1CCN([C@@H](C(=O)OC)c2ccc(Cl)cc2)CC1. The highest BCUT2D eigenvalue weighted by atomic mass is 35.5. The zero-order valence-corrected chi connectivity index (χ0v) is 22.1. The number of hydrogen-bond donors (Lipinski definition) is 1. The van der Waals surface area contributed by atoms with Crippen molar-refractivity contribution in [3.05, 3.63) is 51.9 Å². The summed E-state index contributed by atoms with van der Waals surface area (Å²) in [6, 6.07) is 7.73. The van der Waals surface area contributed by atoms with Gasteiger partial charge in [-0.25, -0.2) is 14.8 Å². The number of halogens is 2. The van der Waals surface area contributed by atoms with Crippen molar-refractivity contribution in [3.63, 3.8) is 0 Å². The quantitative estimate of drug-likeness (QED) is 0.540. The first-order chi connectivity index (χ1) is 17.3. The molecule has 0 spiro atoms. The Labute approximate surface area is 221 Å². The summed E-state index contributed by atoms with van der Waals surface area (Å²) in [5, 5.41) is 0.834. The Bertz CT molecular complexity index is 1080. The van der Waals surface area contributed by atoms with E-state index in [-0.39, 0.29) is 16.8 Å². The monoisotopic (exact) mass is 534 g/mol. The molecule has 2 aliphatic rings. The molecule has 1 amide bonds. The molecule has 0 unspecified atom stereocenters. The fourth-order valence-electron chi connectivity index (χ4n) is 5.33. The number of nitrogens with zero attached hydrogens (tertiary/aromatic N) is 5. The number of rotatable bonds is 7. The van der Waals surface area contributed by atoms with E-state index < -0.39 is 11.9 Å². The predicted molar refractivity (Wildman–Crippen MR) is 139 cm³/mol. The third-order valence-corrected chi connectivity index (χ3v) is 7.71. The third kappa shape index (κ3) is 5.75.